The number of nitrogens with zero attached hydrogens (tertiary/aromatic N) is 7. The van der Waals surface area contributed by atoms with E-state index >= 15 is 0 Å². The van der Waals surface area contributed by atoms with Gasteiger partial charge in [0.1, 0.15) is 18.0 Å². The van der Waals surface area contributed by atoms with Gasteiger partial charge in [0.2, 0.25) is 0 Å². The van der Waals surface area contributed by atoms with Crippen LogP contribution in [0, 0.1) is 5.41 Å². The molecule has 0 spiro atoms. The van der Waals surface area contributed by atoms with Crippen LogP contribution in [0.3, 0.4) is 0 Å². The maximum absolute atomic E-state index is 13.0. The van der Waals surface area contributed by atoms with E-state index in [0.717, 1.165) is 22.1 Å². The zero-order chi connectivity index (χ0) is 24.1. The first-order valence-electron chi connectivity index (χ1n) is 10.2. The number of hydrogen-bond donors (Lipinski definition) is 0. The van der Waals surface area contributed by atoms with E-state index in [0.29, 0.717) is 0 Å². The highest BCUT2D eigenvalue weighted by Crippen LogP contribution is 2.23. The molecule has 0 N–H and O–H groups in total. The van der Waals surface area contributed by atoms with Crippen molar-refractivity contribution in [2.45, 2.75) is 38.9 Å². The highest BCUT2D eigenvalue weighted by Gasteiger charge is 2.28. The first-order valence-corrected chi connectivity index (χ1v) is 12.1. The maximum Gasteiger partial charge on any atom is 0.332 e. The third kappa shape index (κ3) is 4.25. The molecule has 4 aromatic rings. The van der Waals surface area contributed by atoms with E-state index in [2.05, 4.69) is 15.2 Å². The Balaban J connectivity index is 1.91. The summed E-state index contributed by atoms with van der Waals surface area (Å²) in [6.45, 7) is 6.20. The normalized spacial score (nSPS) is 12.5. The van der Waals surface area contributed by atoms with Gasteiger partial charge in [-0.2, -0.15) is 10.2 Å². The molecule has 0 aliphatic heterocycles. The average Bonchev–Trinajstić information content (AvgIpc) is 3.37. The molecular weight excluding hydrogens is 446 g/mol. The molecule has 174 valence electrons. The summed E-state index contributed by atoms with van der Waals surface area (Å²) < 4.78 is 30.7. The van der Waals surface area contributed by atoms with Crippen molar-refractivity contribution >= 4 is 20.9 Å². The SMILES string of the molecule is Cn1c(=O)c2c(S(C)(=O)=O)n(Cc3ccc(-n4cncn4)cc3)nc2n(CC(C)(C)C)c1=O. The summed E-state index contributed by atoms with van der Waals surface area (Å²) >= 11 is 0. The first-order chi connectivity index (χ1) is 15.4. The lowest BCUT2D eigenvalue weighted by molar-refractivity contribution is 0.337. The van der Waals surface area contributed by atoms with Crippen molar-refractivity contribution in [2.75, 3.05) is 6.26 Å². The number of fused-ring (bicyclic) bond motifs is 1. The number of hydrogen-bond acceptors (Lipinski definition) is 7. The number of sulfone groups is 1. The van der Waals surface area contributed by atoms with Crippen LogP contribution in [-0.4, -0.2) is 48.4 Å². The minimum absolute atomic E-state index is 0.0673. The molecule has 3 aromatic heterocycles. The van der Waals surface area contributed by atoms with Crippen molar-refractivity contribution in [3.05, 3.63) is 63.3 Å². The molecule has 0 aliphatic rings. The van der Waals surface area contributed by atoms with E-state index in [1.165, 1.54) is 22.6 Å². The van der Waals surface area contributed by atoms with Crippen molar-refractivity contribution in [3.8, 4) is 5.69 Å². The Morgan fingerprint density at radius 3 is 2.27 bits per heavy atom. The van der Waals surface area contributed by atoms with Crippen LogP contribution in [0.15, 0.2) is 51.5 Å². The van der Waals surface area contributed by atoms with Crippen LogP contribution in [0.4, 0.5) is 0 Å². The van der Waals surface area contributed by atoms with E-state index in [-0.39, 0.29) is 34.6 Å². The fourth-order valence-corrected chi connectivity index (χ4v) is 4.74. The van der Waals surface area contributed by atoms with Crippen LogP contribution in [0.2, 0.25) is 0 Å². The largest absolute Gasteiger partial charge is 0.332 e. The molecule has 0 radical (unpaired) electrons. The third-order valence-corrected chi connectivity index (χ3v) is 6.23. The fourth-order valence-electron chi connectivity index (χ4n) is 3.71. The molecule has 0 saturated carbocycles. The number of benzene rings is 1. The lowest BCUT2D eigenvalue weighted by atomic mass is 9.97. The maximum atomic E-state index is 13.0. The van der Waals surface area contributed by atoms with Gasteiger partial charge in [-0.05, 0) is 23.1 Å². The van der Waals surface area contributed by atoms with E-state index in [1.54, 1.807) is 11.0 Å². The molecule has 4 rings (SSSR count). The Labute approximate surface area is 189 Å². The minimum atomic E-state index is -3.84. The summed E-state index contributed by atoms with van der Waals surface area (Å²) in [5, 5.41) is 8.25. The molecule has 0 amide bonds. The summed E-state index contributed by atoms with van der Waals surface area (Å²) in [7, 11) is -2.50. The second-order valence-corrected chi connectivity index (χ2v) is 11.2. The van der Waals surface area contributed by atoms with Crippen LogP contribution < -0.4 is 11.2 Å². The van der Waals surface area contributed by atoms with E-state index in [4.69, 9.17) is 0 Å². The van der Waals surface area contributed by atoms with Gasteiger partial charge < -0.3 is 0 Å². The topological polar surface area (TPSA) is 127 Å². The molecule has 11 nitrogen and oxygen atoms in total. The van der Waals surface area contributed by atoms with Crippen molar-refractivity contribution < 1.29 is 8.42 Å². The van der Waals surface area contributed by atoms with Gasteiger partial charge in [0.25, 0.3) is 5.56 Å². The summed E-state index contributed by atoms with van der Waals surface area (Å²) in [6.07, 6.45) is 4.03. The molecule has 1 aromatic carbocycles. The van der Waals surface area contributed by atoms with Crippen LogP contribution in [0.5, 0.6) is 0 Å². The quantitative estimate of drug-likeness (QED) is 0.424. The number of aromatic nitrogens is 7. The lowest BCUT2D eigenvalue weighted by Gasteiger charge is -2.20. The third-order valence-electron chi connectivity index (χ3n) is 5.11. The van der Waals surface area contributed by atoms with Gasteiger partial charge in [-0.15, -0.1) is 0 Å². The lowest BCUT2D eigenvalue weighted by Crippen LogP contribution is -2.40. The second kappa shape index (κ2) is 7.80. The molecule has 3 heterocycles. The van der Waals surface area contributed by atoms with Gasteiger partial charge >= 0.3 is 5.69 Å². The predicted molar refractivity (Wildman–Crippen MR) is 122 cm³/mol. The van der Waals surface area contributed by atoms with E-state index in [1.807, 2.05) is 45.0 Å². The number of rotatable bonds is 5. The van der Waals surface area contributed by atoms with Crippen LogP contribution >= 0.6 is 0 Å². The molecule has 0 saturated heterocycles. The summed E-state index contributed by atoms with van der Waals surface area (Å²) in [5.41, 5.74) is 0.0898. The zero-order valence-electron chi connectivity index (χ0n) is 19.1. The highest BCUT2D eigenvalue weighted by molar-refractivity contribution is 7.90. The highest BCUT2D eigenvalue weighted by atomic mass is 32.2. The zero-order valence-corrected chi connectivity index (χ0v) is 19.9. The Kier molecular flexibility index (Phi) is 5.35. The molecule has 12 heteroatoms. The van der Waals surface area contributed by atoms with Crippen LogP contribution in [0.1, 0.15) is 26.3 Å². The molecule has 0 bridgehead atoms. The fraction of sp³-hybridized carbons (Fsp3) is 0.381. The standard InChI is InChI=1S/C21H25N7O4S/c1-21(2,3)11-26-17-16(18(29)25(4)20(26)30)19(33(5,31)32)27(24-17)10-14-6-8-15(9-7-14)28-13-22-12-23-28/h6-9,12-13H,10-11H2,1-5H3. The summed E-state index contributed by atoms with van der Waals surface area (Å²) in [4.78, 5) is 29.8. The van der Waals surface area contributed by atoms with Crippen LogP contribution in [-0.2, 0) is 30.0 Å². The minimum Gasteiger partial charge on any atom is -0.275 e. The Morgan fingerprint density at radius 1 is 1.06 bits per heavy atom. The molecule has 0 atom stereocenters. The van der Waals surface area contributed by atoms with E-state index in [9.17, 15) is 18.0 Å². The Morgan fingerprint density at radius 2 is 1.73 bits per heavy atom. The molecule has 33 heavy (non-hydrogen) atoms. The van der Waals surface area contributed by atoms with Gasteiger partial charge in [0, 0.05) is 19.8 Å². The molecule has 0 fully saturated rings. The Bertz CT molecular complexity index is 1550. The molecular formula is C21H25N7O4S. The summed E-state index contributed by atoms with van der Waals surface area (Å²) in [5.74, 6) is 0. The average molecular weight is 472 g/mol. The monoisotopic (exact) mass is 471 g/mol. The summed E-state index contributed by atoms with van der Waals surface area (Å²) in [6, 6.07) is 7.27. The van der Waals surface area contributed by atoms with Gasteiger partial charge in [-0.1, -0.05) is 32.9 Å². The molecule has 0 aliphatic carbocycles. The van der Waals surface area contributed by atoms with Crippen molar-refractivity contribution in [1.29, 1.82) is 0 Å². The van der Waals surface area contributed by atoms with Gasteiger partial charge in [0.15, 0.2) is 20.5 Å². The van der Waals surface area contributed by atoms with Crippen LogP contribution in [0.25, 0.3) is 16.7 Å². The Hall–Kier alpha value is -3.54. The predicted octanol–water partition coefficient (Wildman–Crippen LogP) is 0.975. The van der Waals surface area contributed by atoms with Gasteiger partial charge in [0.05, 0.1) is 12.2 Å². The van der Waals surface area contributed by atoms with Crippen molar-refractivity contribution in [3.63, 3.8) is 0 Å². The van der Waals surface area contributed by atoms with Crippen molar-refractivity contribution in [1.82, 2.24) is 33.7 Å². The van der Waals surface area contributed by atoms with Crippen molar-refractivity contribution in [2.24, 2.45) is 12.5 Å². The van der Waals surface area contributed by atoms with Gasteiger partial charge in [-0.3, -0.25) is 13.9 Å². The first kappa shape index (κ1) is 22.6. The van der Waals surface area contributed by atoms with Gasteiger partial charge in [-0.25, -0.2) is 27.6 Å². The van der Waals surface area contributed by atoms with E-state index < -0.39 is 21.1 Å². The smallest absolute Gasteiger partial charge is 0.275 e. The second-order valence-electron chi connectivity index (χ2n) is 9.23. The molecule has 0 unspecified atom stereocenters.